The Kier molecular flexibility index (Phi) is 4.47. The molecule has 0 amide bonds. The van der Waals surface area contributed by atoms with E-state index in [1.807, 2.05) is 6.07 Å². The van der Waals surface area contributed by atoms with Crippen molar-refractivity contribution in [2.24, 2.45) is 0 Å². The van der Waals surface area contributed by atoms with E-state index < -0.39 is 10.8 Å². The molecule has 0 aromatic heterocycles. The van der Waals surface area contributed by atoms with Crippen molar-refractivity contribution in [3.63, 3.8) is 0 Å². The average molecular weight is 274 g/mol. The Morgan fingerprint density at radius 3 is 2.26 bits per heavy atom. The Labute approximate surface area is 114 Å². The summed E-state index contributed by atoms with van der Waals surface area (Å²) >= 11 is 0. The van der Waals surface area contributed by atoms with Crippen LogP contribution in [0, 0.1) is 0 Å². The summed E-state index contributed by atoms with van der Waals surface area (Å²) in [4.78, 5) is 11.9. The first-order valence-electron chi connectivity index (χ1n) is 5.86. The van der Waals surface area contributed by atoms with Gasteiger partial charge in [0.2, 0.25) is 0 Å². The Morgan fingerprint density at radius 1 is 1.00 bits per heavy atom. The van der Waals surface area contributed by atoms with E-state index in [9.17, 15) is 9.00 Å². The van der Waals surface area contributed by atoms with Gasteiger partial charge in [-0.15, -0.1) is 0 Å². The summed E-state index contributed by atoms with van der Waals surface area (Å²) in [5, 5.41) is 9.15. The molecule has 2 rings (SSSR count). The molecule has 4 heteroatoms. The molecular formula is C15H14O3S. The van der Waals surface area contributed by atoms with Crippen molar-refractivity contribution in [3.8, 4) is 5.75 Å². The predicted molar refractivity (Wildman–Crippen MR) is 75.6 cm³/mol. The topological polar surface area (TPSA) is 54.4 Å². The molecule has 0 aliphatic carbocycles. The van der Waals surface area contributed by atoms with Gasteiger partial charge in [0.15, 0.2) is 5.78 Å². The summed E-state index contributed by atoms with van der Waals surface area (Å²) < 4.78 is 11.9. The Hall–Kier alpha value is -1.94. The van der Waals surface area contributed by atoms with Crippen molar-refractivity contribution in [1.29, 1.82) is 0 Å². The smallest absolute Gasteiger partial charge is 0.175 e. The van der Waals surface area contributed by atoms with Gasteiger partial charge in [0, 0.05) is 22.1 Å². The number of carbonyl (C=O) groups is 1. The molecule has 2 aromatic carbocycles. The minimum Gasteiger partial charge on any atom is -0.508 e. The molecule has 2 aromatic rings. The molecule has 0 saturated heterocycles. The van der Waals surface area contributed by atoms with E-state index in [0.29, 0.717) is 11.3 Å². The summed E-state index contributed by atoms with van der Waals surface area (Å²) in [6.45, 7) is 0. The van der Waals surface area contributed by atoms with Crippen LogP contribution in [0.25, 0.3) is 0 Å². The summed E-state index contributed by atoms with van der Waals surface area (Å²) in [6.07, 6.45) is 0. The van der Waals surface area contributed by atoms with E-state index >= 15 is 0 Å². The number of Topliss-reactive ketones (excluding diaryl/α,β-unsaturated/α-hetero) is 1. The predicted octanol–water partition coefficient (Wildman–Crippen LogP) is 2.52. The highest BCUT2D eigenvalue weighted by atomic mass is 32.2. The second kappa shape index (κ2) is 6.29. The fraction of sp³-hybridized carbons (Fsp3) is 0.133. The quantitative estimate of drug-likeness (QED) is 0.852. The number of phenols is 1. The molecule has 1 atom stereocenters. The van der Waals surface area contributed by atoms with Gasteiger partial charge >= 0.3 is 0 Å². The monoisotopic (exact) mass is 274 g/mol. The molecule has 98 valence electrons. The van der Waals surface area contributed by atoms with Crippen LogP contribution in [0.1, 0.15) is 15.9 Å². The zero-order valence-electron chi connectivity index (χ0n) is 10.3. The number of benzene rings is 2. The van der Waals surface area contributed by atoms with E-state index in [2.05, 4.69) is 0 Å². The molecule has 0 fully saturated rings. The fourth-order valence-electron chi connectivity index (χ4n) is 1.68. The van der Waals surface area contributed by atoms with Gasteiger partial charge in [-0.05, 0) is 17.7 Å². The van der Waals surface area contributed by atoms with Crippen molar-refractivity contribution in [3.05, 3.63) is 65.7 Å². The van der Waals surface area contributed by atoms with Crippen LogP contribution >= 0.6 is 0 Å². The standard InChI is InChI=1S/C15H14O3S/c16-14-8-6-12(7-9-14)10-19(18)11-15(17)13-4-2-1-3-5-13/h1-9,16H,10-11H2. The van der Waals surface area contributed by atoms with Crippen LogP contribution in [0.5, 0.6) is 5.75 Å². The van der Waals surface area contributed by atoms with Gasteiger partial charge in [-0.25, -0.2) is 0 Å². The fourth-order valence-corrected chi connectivity index (χ4v) is 2.81. The van der Waals surface area contributed by atoms with E-state index in [4.69, 9.17) is 5.11 Å². The molecule has 0 heterocycles. The number of aromatic hydroxyl groups is 1. The zero-order chi connectivity index (χ0) is 13.7. The minimum atomic E-state index is -1.24. The molecule has 1 N–H and O–H groups in total. The Bertz CT molecular complexity index is 576. The van der Waals surface area contributed by atoms with Gasteiger partial charge in [0.25, 0.3) is 0 Å². The first kappa shape index (κ1) is 13.5. The van der Waals surface area contributed by atoms with E-state index in [1.54, 1.807) is 48.5 Å². The largest absolute Gasteiger partial charge is 0.508 e. The lowest BCUT2D eigenvalue weighted by Crippen LogP contribution is -2.12. The third-order valence-corrected chi connectivity index (χ3v) is 3.89. The number of phenolic OH excluding ortho intramolecular Hbond substituents is 1. The average Bonchev–Trinajstić information content (AvgIpc) is 2.42. The number of ketones is 1. The maximum absolute atomic E-state index is 11.9. The van der Waals surface area contributed by atoms with Crippen molar-refractivity contribution in [1.82, 2.24) is 0 Å². The Balaban J connectivity index is 1.95. The molecule has 0 radical (unpaired) electrons. The first-order chi connectivity index (χ1) is 9.15. The summed E-state index contributed by atoms with van der Waals surface area (Å²) in [6, 6.07) is 15.4. The zero-order valence-corrected chi connectivity index (χ0v) is 11.1. The van der Waals surface area contributed by atoms with Crippen LogP contribution in [-0.4, -0.2) is 20.9 Å². The van der Waals surface area contributed by atoms with Gasteiger partial charge in [0.05, 0.1) is 5.75 Å². The van der Waals surface area contributed by atoms with Crippen molar-refractivity contribution in [2.45, 2.75) is 5.75 Å². The van der Waals surface area contributed by atoms with Crippen LogP contribution < -0.4 is 0 Å². The number of carbonyl (C=O) groups excluding carboxylic acids is 1. The molecule has 3 nitrogen and oxygen atoms in total. The number of rotatable bonds is 5. The lowest BCUT2D eigenvalue weighted by Gasteiger charge is -2.03. The molecule has 0 aliphatic heterocycles. The molecule has 0 spiro atoms. The highest BCUT2D eigenvalue weighted by molar-refractivity contribution is 7.85. The normalized spacial score (nSPS) is 12.0. The molecular weight excluding hydrogens is 260 g/mol. The van der Waals surface area contributed by atoms with Gasteiger partial charge in [0.1, 0.15) is 5.75 Å². The number of hydrogen-bond donors (Lipinski definition) is 1. The van der Waals surface area contributed by atoms with Crippen LogP contribution in [-0.2, 0) is 16.6 Å². The summed E-state index contributed by atoms with van der Waals surface area (Å²) in [5.41, 5.74) is 1.43. The second-order valence-electron chi connectivity index (χ2n) is 4.18. The van der Waals surface area contributed by atoms with Gasteiger partial charge < -0.3 is 5.11 Å². The van der Waals surface area contributed by atoms with E-state index in [0.717, 1.165) is 5.56 Å². The van der Waals surface area contributed by atoms with Crippen LogP contribution in [0.3, 0.4) is 0 Å². The van der Waals surface area contributed by atoms with Crippen LogP contribution in [0.2, 0.25) is 0 Å². The highest BCUT2D eigenvalue weighted by Gasteiger charge is 2.10. The lowest BCUT2D eigenvalue weighted by atomic mass is 10.2. The lowest BCUT2D eigenvalue weighted by molar-refractivity contribution is 0.102. The maximum Gasteiger partial charge on any atom is 0.175 e. The van der Waals surface area contributed by atoms with Crippen LogP contribution in [0.15, 0.2) is 54.6 Å². The van der Waals surface area contributed by atoms with Crippen LogP contribution in [0.4, 0.5) is 0 Å². The third-order valence-electron chi connectivity index (χ3n) is 2.65. The maximum atomic E-state index is 11.9. The van der Waals surface area contributed by atoms with E-state index in [1.165, 1.54) is 0 Å². The molecule has 0 saturated carbocycles. The van der Waals surface area contributed by atoms with Gasteiger partial charge in [-0.1, -0.05) is 42.5 Å². The first-order valence-corrected chi connectivity index (χ1v) is 7.35. The van der Waals surface area contributed by atoms with Crippen molar-refractivity contribution < 1.29 is 14.1 Å². The SMILES string of the molecule is O=C(CS(=O)Cc1ccc(O)cc1)c1ccccc1. The molecule has 19 heavy (non-hydrogen) atoms. The Morgan fingerprint density at radius 2 is 1.63 bits per heavy atom. The highest BCUT2D eigenvalue weighted by Crippen LogP contribution is 2.12. The summed E-state index contributed by atoms with van der Waals surface area (Å²) in [7, 11) is -1.24. The third kappa shape index (κ3) is 4.03. The van der Waals surface area contributed by atoms with Gasteiger partial charge in [-0.2, -0.15) is 0 Å². The minimum absolute atomic E-state index is 0.0187. The second-order valence-corrected chi connectivity index (χ2v) is 5.64. The molecule has 0 aliphatic rings. The van der Waals surface area contributed by atoms with Crippen molar-refractivity contribution >= 4 is 16.6 Å². The molecule has 1 unspecified atom stereocenters. The van der Waals surface area contributed by atoms with Crippen molar-refractivity contribution in [2.75, 3.05) is 5.75 Å². The van der Waals surface area contributed by atoms with Gasteiger partial charge in [-0.3, -0.25) is 9.00 Å². The molecule has 0 bridgehead atoms. The number of hydrogen-bond acceptors (Lipinski definition) is 3. The summed E-state index contributed by atoms with van der Waals surface area (Å²) in [5.74, 6) is 0.400. The van der Waals surface area contributed by atoms with E-state index in [-0.39, 0.29) is 17.3 Å².